The number of hydrogen-bond acceptors (Lipinski definition) is 4. The second kappa shape index (κ2) is 9.97. The fourth-order valence-corrected chi connectivity index (χ4v) is 6.67. The Labute approximate surface area is 271 Å². The summed E-state index contributed by atoms with van der Waals surface area (Å²) < 4.78 is 90.3. The number of hydrogen-bond donors (Lipinski definition) is 0. The van der Waals surface area contributed by atoms with Gasteiger partial charge in [0.1, 0.15) is 0 Å². The molecule has 3 aromatic heterocycles. The lowest BCUT2D eigenvalue weighted by Gasteiger charge is -2.11. The molecule has 4 nitrogen and oxygen atoms in total. The number of thiophene rings is 1. The summed E-state index contributed by atoms with van der Waals surface area (Å²) in [5.41, 5.74) is 3.18. The number of fused-ring (bicyclic) bond motifs is 7. The van der Waals surface area contributed by atoms with Crippen molar-refractivity contribution < 1.29 is 13.7 Å². The van der Waals surface area contributed by atoms with Crippen LogP contribution in [0.25, 0.3) is 81.8 Å². The average Bonchev–Trinajstić information content (AvgIpc) is 3.78. The van der Waals surface area contributed by atoms with Crippen LogP contribution < -0.4 is 0 Å². The van der Waals surface area contributed by atoms with Gasteiger partial charge in [0.2, 0.25) is 5.95 Å². The third-order valence-corrected chi connectivity index (χ3v) is 8.68. The Balaban J connectivity index is 1.46. The fourth-order valence-electron chi connectivity index (χ4n) is 5.55. The molecule has 0 spiro atoms. The van der Waals surface area contributed by atoms with E-state index >= 15 is 0 Å². The minimum atomic E-state index is -0.519. The Morgan fingerprint density at radius 3 is 2.00 bits per heavy atom. The number of rotatable bonds is 4. The molecule has 0 unspecified atom stereocenters. The molecule has 0 N–H and O–H groups in total. The zero-order chi connectivity index (χ0) is 37.7. The van der Waals surface area contributed by atoms with Crippen LogP contribution in [0.2, 0.25) is 0 Å². The van der Waals surface area contributed by atoms with Crippen LogP contribution >= 0.6 is 11.3 Å². The van der Waals surface area contributed by atoms with Crippen LogP contribution in [0.15, 0.2) is 145 Å². The lowest BCUT2D eigenvalue weighted by molar-refractivity contribution is 0.954. The monoisotopic (exact) mass is 590 g/mol. The van der Waals surface area contributed by atoms with Crippen molar-refractivity contribution in [2.24, 2.45) is 0 Å². The summed E-state index contributed by atoms with van der Waals surface area (Å²) >= 11 is 0.992. The van der Waals surface area contributed by atoms with Crippen molar-refractivity contribution in [2.45, 2.75) is 0 Å². The van der Waals surface area contributed by atoms with Crippen LogP contribution in [0.3, 0.4) is 0 Å². The van der Waals surface area contributed by atoms with Crippen molar-refractivity contribution in [2.75, 3.05) is 0 Å². The van der Waals surface area contributed by atoms with Crippen molar-refractivity contribution in [1.29, 1.82) is 0 Å². The Bertz CT molecular complexity index is 3060. The first-order valence-corrected chi connectivity index (χ1v) is 14.6. The molecule has 0 aliphatic carbocycles. The van der Waals surface area contributed by atoms with Gasteiger partial charge in [-0.15, -0.1) is 11.3 Å². The standard InChI is InChI=1S/C39H24N4S/c1-3-12-25(13-4-1)27-16-11-17-28(24-27)38-40-37(26-14-5-2-6-15-26)41-39(42-38)43-32-20-9-7-19-31(32)35-33(43)23-22-30-29-18-8-10-21-34(29)44-36(30)35/h1-24H/i7D,8D,9D,10D,18D,19D,20D,21D,22D,23D. The first kappa shape index (κ1) is 16.8. The maximum absolute atomic E-state index is 9.45. The largest absolute Gasteiger partial charge is 0.278 e. The normalized spacial score (nSPS) is 14.8. The molecule has 0 aliphatic heterocycles. The highest BCUT2D eigenvalue weighted by molar-refractivity contribution is 7.26. The molecular formula is C39H24N4S. The third-order valence-electron chi connectivity index (χ3n) is 7.55. The molecule has 0 fully saturated rings. The van der Waals surface area contributed by atoms with E-state index in [0.717, 1.165) is 22.5 Å². The van der Waals surface area contributed by atoms with E-state index in [0.29, 0.717) is 11.1 Å². The highest BCUT2D eigenvalue weighted by Gasteiger charge is 2.20. The highest BCUT2D eigenvalue weighted by Crippen LogP contribution is 2.43. The van der Waals surface area contributed by atoms with Gasteiger partial charge in [-0.2, -0.15) is 9.97 Å². The Morgan fingerprint density at radius 2 is 1.18 bits per heavy atom. The molecule has 5 heteroatoms. The quantitative estimate of drug-likeness (QED) is 0.205. The lowest BCUT2D eigenvalue weighted by Crippen LogP contribution is -2.06. The molecule has 0 aliphatic rings. The van der Waals surface area contributed by atoms with Gasteiger partial charge in [-0.1, -0.05) is 121 Å². The zero-order valence-corrected chi connectivity index (χ0v) is 23.6. The average molecular weight is 591 g/mol. The summed E-state index contributed by atoms with van der Waals surface area (Å²) in [5, 5.41) is 0.422. The molecule has 0 bridgehead atoms. The summed E-state index contributed by atoms with van der Waals surface area (Å²) in [6.45, 7) is 0. The fraction of sp³-hybridized carbons (Fsp3) is 0. The van der Waals surface area contributed by atoms with E-state index < -0.39 is 36.3 Å². The van der Waals surface area contributed by atoms with Gasteiger partial charge in [-0.3, -0.25) is 4.57 Å². The van der Waals surface area contributed by atoms with Crippen molar-refractivity contribution in [3.8, 4) is 39.9 Å². The second-order valence-electron chi connectivity index (χ2n) is 10.1. The molecule has 9 rings (SSSR count). The van der Waals surface area contributed by atoms with Crippen LogP contribution in [-0.2, 0) is 0 Å². The van der Waals surface area contributed by atoms with E-state index in [4.69, 9.17) is 24.5 Å². The molecule has 0 atom stereocenters. The summed E-state index contributed by atoms with van der Waals surface area (Å²) in [6.07, 6.45) is 0. The van der Waals surface area contributed by atoms with E-state index in [1.807, 2.05) is 84.9 Å². The highest BCUT2D eigenvalue weighted by atomic mass is 32.1. The van der Waals surface area contributed by atoms with Crippen LogP contribution in [-0.4, -0.2) is 19.5 Å². The summed E-state index contributed by atoms with van der Waals surface area (Å²) in [6, 6.07) is 22.5. The minimum Gasteiger partial charge on any atom is -0.278 e. The topological polar surface area (TPSA) is 43.6 Å². The van der Waals surface area contributed by atoms with Crippen LogP contribution in [0.5, 0.6) is 0 Å². The van der Waals surface area contributed by atoms with Crippen LogP contribution in [0.1, 0.15) is 13.7 Å². The molecule has 0 amide bonds. The molecule has 44 heavy (non-hydrogen) atoms. The number of benzene rings is 6. The van der Waals surface area contributed by atoms with Gasteiger partial charge in [0.15, 0.2) is 11.6 Å². The Hall–Kier alpha value is -5.65. The summed E-state index contributed by atoms with van der Waals surface area (Å²) in [7, 11) is 0. The third kappa shape index (κ3) is 3.94. The van der Waals surface area contributed by atoms with Gasteiger partial charge in [-0.05, 0) is 35.3 Å². The molecule has 0 saturated heterocycles. The van der Waals surface area contributed by atoms with E-state index in [9.17, 15) is 4.11 Å². The molecular weight excluding hydrogens is 557 g/mol. The molecule has 6 aromatic carbocycles. The van der Waals surface area contributed by atoms with Crippen molar-refractivity contribution in [1.82, 2.24) is 19.5 Å². The van der Waals surface area contributed by atoms with E-state index in [2.05, 4.69) is 0 Å². The van der Waals surface area contributed by atoms with Gasteiger partial charge in [0.25, 0.3) is 0 Å². The first-order chi connectivity index (χ1) is 26.0. The van der Waals surface area contributed by atoms with E-state index in [1.54, 1.807) is 0 Å². The Kier molecular flexibility index (Phi) is 3.82. The number of para-hydroxylation sites is 1. The maximum Gasteiger partial charge on any atom is 0.238 e. The van der Waals surface area contributed by atoms with E-state index in [-0.39, 0.29) is 83.7 Å². The predicted molar refractivity (Wildman–Crippen MR) is 183 cm³/mol. The van der Waals surface area contributed by atoms with Crippen molar-refractivity contribution in [3.63, 3.8) is 0 Å². The van der Waals surface area contributed by atoms with Crippen LogP contribution in [0, 0.1) is 0 Å². The summed E-state index contributed by atoms with van der Waals surface area (Å²) in [4.78, 5) is 14.6. The van der Waals surface area contributed by atoms with Gasteiger partial charge in [0.05, 0.1) is 24.7 Å². The zero-order valence-electron chi connectivity index (χ0n) is 32.8. The molecule has 0 saturated carbocycles. The Morgan fingerprint density at radius 1 is 0.523 bits per heavy atom. The molecule has 0 radical (unpaired) electrons. The van der Waals surface area contributed by atoms with Crippen molar-refractivity contribution in [3.05, 3.63) is 145 Å². The number of aromatic nitrogens is 4. The van der Waals surface area contributed by atoms with E-state index in [1.165, 1.54) is 4.57 Å². The summed E-state index contributed by atoms with van der Waals surface area (Å²) in [5.74, 6) is 0.476. The predicted octanol–water partition coefficient (Wildman–Crippen LogP) is 10.3. The molecule has 206 valence electrons. The molecule has 3 heterocycles. The lowest BCUT2D eigenvalue weighted by atomic mass is 10.0. The van der Waals surface area contributed by atoms with Crippen molar-refractivity contribution >= 4 is 53.3 Å². The smallest absolute Gasteiger partial charge is 0.238 e. The van der Waals surface area contributed by atoms with Crippen LogP contribution in [0.4, 0.5) is 0 Å². The second-order valence-corrected chi connectivity index (χ2v) is 11.2. The SMILES string of the molecule is [2H]c1c([2H])c([2H])c2c(sc3c2c([2H])c([2H])c2c3c3c([2H])c([2H])c([2H])c([2H])c3n2-c2nc(-c3ccccc3)nc(-c3cccc(-c4ccccc4)c3)n2)c1[2H]. The minimum absolute atomic E-state index is 0.0254. The van der Waals surface area contributed by atoms with Gasteiger partial charge < -0.3 is 0 Å². The van der Waals surface area contributed by atoms with Gasteiger partial charge >= 0.3 is 0 Å². The van der Waals surface area contributed by atoms with Gasteiger partial charge in [-0.25, -0.2) is 4.98 Å². The molecule has 9 aromatic rings. The van der Waals surface area contributed by atoms with Gasteiger partial charge in [0, 0.05) is 42.1 Å². The number of nitrogens with zero attached hydrogens (tertiary/aromatic N) is 4. The first-order valence-electron chi connectivity index (χ1n) is 18.8. The maximum atomic E-state index is 9.45.